The topological polar surface area (TPSA) is 41.1 Å². The average molecular weight is 314 g/mol. The summed E-state index contributed by atoms with van der Waals surface area (Å²) in [7, 11) is 0. The summed E-state index contributed by atoms with van der Waals surface area (Å²) in [6.07, 6.45) is 2.94. The van der Waals surface area contributed by atoms with E-state index in [0.29, 0.717) is 28.3 Å². The van der Waals surface area contributed by atoms with Gasteiger partial charge in [-0.1, -0.05) is 37.2 Å². The number of thioether (sulfide) groups is 1. The first-order chi connectivity index (χ1) is 10.1. The molecule has 21 heavy (non-hydrogen) atoms. The lowest BCUT2D eigenvalue weighted by Gasteiger charge is -2.29. The number of halogens is 2. The maximum absolute atomic E-state index is 12.5. The fraction of sp³-hybridized carbons (Fsp3) is 0.533. The van der Waals surface area contributed by atoms with Gasteiger partial charge in [0.05, 0.1) is 11.7 Å². The highest BCUT2D eigenvalue weighted by molar-refractivity contribution is 7.99. The molecular formula is C15H20F2N2OS. The first-order valence-electron chi connectivity index (χ1n) is 7.18. The summed E-state index contributed by atoms with van der Waals surface area (Å²) in [5, 5.41) is 5.97. The monoisotopic (exact) mass is 314 g/mol. The molecule has 2 N–H and O–H groups in total. The standard InChI is InChI=1S/C15H20F2N2OS/c1-2-10-7-8-18-12(9-10)14(20)19-11-5-3-4-6-13(11)21-15(16)17/h3-6,10,12,15,18H,2,7-9H2,1H3,(H,19,20). The molecule has 2 unspecified atom stereocenters. The van der Waals surface area contributed by atoms with E-state index >= 15 is 0 Å². The normalized spacial score (nSPS) is 22.3. The lowest BCUT2D eigenvalue weighted by atomic mass is 9.90. The lowest BCUT2D eigenvalue weighted by Crippen LogP contribution is -2.46. The Kier molecular flexibility index (Phi) is 5.99. The van der Waals surface area contributed by atoms with E-state index in [-0.39, 0.29) is 11.9 Å². The van der Waals surface area contributed by atoms with E-state index in [0.717, 1.165) is 25.8 Å². The molecule has 1 fully saturated rings. The van der Waals surface area contributed by atoms with Crippen molar-refractivity contribution in [2.24, 2.45) is 5.92 Å². The molecule has 1 aliphatic rings. The van der Waals surface area contributed by atoms with Crippen LogP contribution in [0.15, 0.2) is 29.2 Å². The quantitative estimate of drug-likeness (QED) is 0.814. The number of rotatable bonds is 5. The van der Waals surface area contributed by atoms with Gasteiger partial charge in [-0.05, 0) is 37.4 Å². The van der Waals surface area contributed by atoms with E-state index in [4.69, 9.17) is 0 Å². The van der Waals surface area contributed by atoms with Crippen molar-refractivity contribution >= 4 is 23.4 Å². The number of amides is 1. The molecule has 2 atom stereocenters. The maximum atomic E-state index is 12.5. The number of hydrogen-bond acceptors (Lipinski definition) is 3. The Hall–Kier alpha value is -1.14. The minimum Gasteiger partial charge on any atom is -0.324 e. The molecule has 0 bridgehead atoms. The van der Waals surface area contributed by atoms with Gasteiger partial charge in [-0.3, -0.25) is 4.79 Å². The lowest BCUT2D eigenvalue weighted by molar-refractivity contribution is -0.119. The van der Waals surface area contributed by atoms with Crippen molar-refractivity contribution in [2.75, 3.05) is 11.9 Å². The fourth-order valence-corrected chi connectivity index (χ4v) is 3.15. The van der Waals surface area contributed by atoms with Crippen LogP contribution in [0.5, 0.6) is 0 Å². The number of piperidine rings is 1. The summed E-state index contributed by atoms with van der Waals surface area (Å²) in [5.74, 6) is -2.09. The van der Waals surface area contributed by atoms with Gasteiger partial charge in [0.25, 0.3) is 5.76 Å². The molecule has 3 nitrogen and oxygen atoms in total. The third kappa shape index (κ3) is 4.68. The van der Waals surface area contributed by atoms with Crippen molar-refractivity contribution in [3.8, 4) is 0 Å². The molecule has 116 valence electrons. The number of hydrogen-bond donors (Lipinski definition) is 2. The molecule has 1 saturated heterocycles. The number of carbonyl (C=O) groups excluding carboxylic acids is 1. The van der Waals surface area contributed by atoms with E-state index in [2.05, 4.69) is 17.6 Å². The van der Waals surface area contributed by atoms with Gasteiger partial charge >= 0.3 is 0 Å². The summed E-state index contributed by atoms with van der Waals surface area (Å²) in [6, 6.07) is 6.42. The molecule has 2 rings (SSSR count). The zero-order valence-corrected chi connectivity index (χ0v) is 12.8. The molecule has 0 saturated carbocycles. The fourth-order valence-electron chi connectivity index (χ4n) is 2.56. The zero-order chi connectivity index (χ0) is 15.2. The Balaban J connectivity index is 2.02. The first kappa shape index (κ1) is 16.2. The van der Waals surface area contributed by atoms with Crippen LogP contribution in [0.2, 0.25) is 0 Å². The van der Waals surface area contributed by atoms with Gasteiger partial charge in [0, 0.05) is 4.90 Å². The highest BCUT2D eigenvalue weighted by atomic mass is 32.2. The van der Waals surface area contributed by atoms with E-state index in [9.17, 15) is 13.6 Å². The van der Waals surface area contributed by atoms with Gasteiger partial charge in [-0.2, -0.15) is 8.78 Å². The SMILES string of the molecule is CCC1CCNC(C(=O)Nc2ccccc2SC(F)F)C1. The van der Waals surface area contributed by atoms with E-state index < -0.39 is 5.76 Å². The van der Waals surface area contributed by atoms with Gasteiger partial charge in [0.1, 0.15) is 0 Å². The summed E-state index contributed by atoms with van der Waals surface area (Å²) < 4.78 is 25.1. The third-order valence-electron chi connectivity index (χ3n) is 3.77. The van der Waals surface area contributed by atoms with Crippen molar-refractivity contribution in [1.29, 1.82) is 0 Å². The minimum absolute atomic E-state index is 0.143. The summed E-state index contributed by atoms with van der Waals surface area (Å²) in [6.45, 7) is 2.95. The summed E-state index contributed by atoms with van der Waals surface area (Å²) >= 11 is 0.450. The Morgan fingerprint density at radius 2 is 2.24 bits per heavy atom. The summed E-state index contributed by atoms with van der Waals surface area (Å²) in [5.41, 5.74) is 0.452. The molecule has 1 aromatic rings. The maximum Gasteiger partial charge on any atom is 0.288 e. The van der Waals surface area contributed by atoms with Crippen LogP contribution in [0, 0.1) is 5.92 Å². The Bertz CT molecular complexity index is 484. The van der Waals surface area contributed by atoms with Crippen LogP contribution in [0.3, 0.4) is 0 Å². The molecule has 0 radical (unpaired) electrons. The second-order valence-corrected chi connectivity index (χ2v) is 6.20. The van der Waals surface area contributed by atoms with Gasteiger partial charge < -0.3 is 10.6 Å². The highest BCUT2D eigenvalue weighted by Crippen LogP contribution is 2.32. The van der Waals surface area contributed by atoms with E-state index in [1.807, 2.05) is 0 Å². The van der Waals surface area contributed by atoms with Crippen molar-refractivity contribution in [3.63, 3.8) is 0 Å². The molecule has 6 heteroatoms. The molecule has 0 aliphatic carbocycles. The largest absolute Gasteiger partial charge is 0.324 e. The van der Waals surface area contributed by atoms with Gasteiger partial charge in [-0.25, -0.2) is 0 Å². The number of benzene rings is 1. The molecule has 0 spiro atoms. The van der Waals surface area contributed by atoms with Crippen LogP contribution in [-0.4, -0.2) is 24.3 Å². The van der Waals surface area contributed by atoms with Crippen LogP contribution >= 0.6 is 11.8 Å². The predicted molar refractivity (Wildman–Crippen MR) is 81.7 cm³/mol. The number of carbonyl (C=O) groups is 1. The molecule has 1 aromatic carbocycles. The van der Waals surface area contributed by atoms with Crippen molar-refractivity contribution < 1.29 is 13.6 Å². The molecular weight excluding hydrogens is 294 g/mol. The smallest absolute Gasteiger partial charge is 0.288 e. The Morgan fingerprint density at radius 3 is 2.95 bits per heavy atom. The van der Waals surface area contributed by atoms with Gasteiger partial charge in [-0.15, -0.1) is 0 Å². The Morgan fingerprint density at radius 1 is 1.48 bits per heavy atom. The van der Waals surface area contributed by atoms with Crippen LogP contribution in [-0.2, 0) is 4.79 Å². The van der Waals surface area contributed by atoms with Crippen LogP contribution in [0.1, 0.15) is 26.2 Å². The first-order valence-corrected chi connectivity index (χ1v) is 8.06. The van der Waals surface area contributed by atoms with Crippen molar-refractivity contribution in [3.05, 3.63) is 24.3 Å². The highest BCUT2D eigenvalue weighted by Gasteiger charge is 2.26. The number of alkyl halides is 2. The third-order valence-corrected chi connectivity index (χ3v) is 4.56. The number of para-hydroxylation sites is 1. The predicted octanol–water partition coefficient (Wildman–Crippen LogP) is 3.72. The number of anilines is 1. The molecule has 1 heterocycles. The van der Waals surface area contributed by atoms with Gasteiger partial charge in [0.15, 0.2) is 0 Å². The second kappa shape index (κ2) is 7.75. The summed E-state index contributed by atoms with van der Waals surface area (Å²) in [4.78, 5) is 12.7. The van der Waals surface area contributed by atoms with Crippen LogP contribution in [0.25, 0.3) is 0 Å². The molecule has 0 aromatic heterocycles. The van der Waals surface area contributed by atoms with Crippen molar-refractivity contribution in [1.82, 2.24) is 5.32 Å². The number of nitrogens with one attached hydrogen (secondary N) is 2. The van der Waals surface area contributed by atoms with Crippen LogP contribution in [0.4, 0.5) is 14.5 Å². The van der Waals surface area contributed by atoms with Crippen molar-refractivity contribution in [2.45, 2.75) is 42.9 Å². The minimum atomic E-state index is -2.50. The Labute approximate surface area is 127 Å². The molecule has 1 aliphatic heterocycles. The van der Waals surface area contributed by atoms with Crippen LogP contribution < -0.4 is 10.6 Å². The molecule has 1 amide bonds. The average Bonchev–Trinajstić information content (AvgIpc) is 2.48. The zero-order valence-electron chi connectivity index (χ0n) is 11.9. The van der Waals surface area contributed by atoms with Gasteiger partial charge in [0.2, 0.25) is 5.91 Å². The van der Waals surface area contributed by atoms with E-state index in [1.165, 1.54) is 0 Å². The second-order valence-electron chi connectivity index (χ2n) is 5.17. The van der Waals surface area contributed by atoms with E-state index in [1.54, 1.807) is 24.3 Å².